The number of hydrogen-bond donors (Lipinski definition) is 1. The van der Waals surface area contributed by atoms with E-state index in [1.54, 1.807) is 6.92 Å². The molecule has 156 valence electrons. The highest BCUT2D eigenvalue weighted by Gasteiger charge is 2.29. The topological polar surface area (TPSA) is 115 Å². The molecule has 0 fully saturated rings. The van der Waals surface area contributed by atoms with Crippen molar-refractivity contribution in [1.29, 1.82) is 0 Å². The molecule has 1 N–H and O–H groups in total. The van der Waals surface area contributed by atoms with Gasteiger partial charge >= 0.3 is 0 Å². The molecule has 1 amide bonds. The fraction of sp³-hybridized carbons (Fsp3) is 0.250. The summed E-state index contributed by atoms with van der Waals surface area (Å²) in [6, 6.07) is 12.0. The lowest BCUT2D eigenvalue weighted by molar-refractivity contribution is -0.121. The number of sulfonamides is 1. The van der Waals surface area contributed by atoms with Crippen molar-refractivity contribution < 1.29 is 22.5 Å². The molecule has 4 rings (SSSR count). The van der Waals surface area contributed by atoms with Crippen LogP contribution >= 0.6 is 0 Å². The molecule has 0 spiro atoms. The van der Waals surface area contributed by atoms with E-state index in [2.05, 4.69) is 14.9 Å². The predicted octanol–water partition coefficient (Wildman–Crippen LogP) is 2.09. The number of benzene rings is 2. The highest BCUT2D eigenvalue weighted by molar-refractivity contribution is 7.89. The number of ether oxygens (including phenoxy) is 1. The highest BCUT2D eigenvalue weighted by atomic mass is 32.2. The van der Waals surface area contributed by atoms with Gasteiger partial charge in [0, 0.05) is 13.5 Å². The Bertz CT molecular complexity index is 1210. The molecular weight excluding hydrogens is 408 g/mol. The van der Waals surface area contributed by atoms with Crippen molar-refractivity contribution in [3.63, 3.8) is 0 Å². The fourth-order valence-corrected chi connectivity index (χ4v) is 4.19. The summed E-state index contributed by atoms with van der Waals surface area (Å²) in [7, 11) is -3.81. The standard InChI is InChI=1S/C20H20N4O5S/c1-13-4-3-5-15(8-13)10-21-30(26,27)16-6-7-18-17(9-16)24(20(25)12-28-18)11-19-22-14(2)29-23-19/h3-9,21H,10-12H2,1-2H3. The van der Waals surface area contributed by atoms with E-state index in [1.807, 2.05) is 31.2 Å². The van der Waals surface area contributed by atoms with Gasteiger partial charge in [0.2, 0.25) is 15.9 Å². The Balaban J connectivity index is 1.60. The number of carbonyl (C=O) groups is 1. The monoisotopic (exact) mass is 428 g/mol. The molecule has 0 aliphatic carbocycles. The number of aromatic nitrogens is 2. The van der Waals surface area contributed by atoms with E-state index in [4.69, 9.17) is 9.26 Å². The molecule has 1 aromatic heterocycles. The summed E-state index contributed by atoms with van der Waals surface area (Å²) in [6.45, 7) is 3.64. The van der Waals surface area contributed by atoms with Crippen molar-refractivity contribution >= 4 is 21.6 Å². The third-order valence-electron chi connectivity index (χ3n) is 4.60. The Morgan fingerprint density at radius 1 is 1.17 bits per heavy atom. The number of nitrogens with zero attached hydrogens (tertiary/aromatic N) is 3. The Labute approximate surface area is 173 Å². The summed E-state index contributed by atoms with van der Waals surface area (Å²) >= 11 is 0. The van der Waals surface area contributed by atoms with E-state index in [1.165, 1.54) is 23.1 Å². The molecule has 0 unspecified atom stereocenters. The average molecular weight is 428 g/mol. The highest BCUT2D eigenvalue weighted by Crippen LogP contribution is 2.35. The van der Waals surface area contributed by atoms with Gasteiger partial charge in [0.25, 0.3) is 5.91 Å². The molecule has 0 atom stereocenters. The second-order valence-corrected chi connectivity index (χ2v) is 8.71. The fourth-order valence-electron chi connectivity index (χ4n) is 3.15. The van der Waals surface area contributed by atoms with Gasteiger partial charge in [0.05, 0.1) is 17.1 Å². The van der Waals surface area contributed by atoms with E-state index in [0.29, 0.717) is 23.2 Å². The van der Waals surface area contributed by atoms with Crippen LogP contribution in [0.1, 0.15) is 22.8 Å². The molecule has 2 aromatic carbocycles. The Morgan fingerprint density at radius 3 is 2.73 bits per heavy atom. The van der Waals surface area contributed by atoms with Crippen LogP contribution in [0, 0.1) is 13.8 Å². The van der Waals surface area contributed by atoms with E-state index in [0.717, 1.165) is 11.1 Å². The van der Waals surface area contributed by atoms with Crippen LogP contribution in [0.25, 0.3) is 0 Å². The maximum atomic E-state index is 12.8. The van der Waals surface area contributed by atoms with Crippen molar-refractivity contribution in [1.82, 2.24) is 14.9 Å². The lowest BCUT2D eigenvalue weighted by Gasteiger charge is -2.28. The number of nitrogens with one attached hydrogen (secondary N) is 1. The van der Waals surface area contributed by atoms with Crippen molar-refractivity contribution in [3.8, 4) is 5.75 Å². The molecule has 9 nitrogen and oxygen atoms in total. The van der Waals surface area contributed by atoms with Crippen LogP contribution in [0.3, 0.4) is 0 Å². The third kappa shape index (κ3) is 4.19. The van der Waals surface area contributed by atoms with Gasteiger partial charge in [-0.1, -0.05) is 35.0 Å². The summed E-state index contributed by atoms with van der Waals surface area (Å²) < 4.78 is 38.7. The van der Waals surface area contributed by atoms with Gasteiger partial charge in [-0.3, -0.25) is 9.69 Å². The molecule has 0 saturated carbocycles. The average Bonchev–Trinajstić information content (AvgIpc) is 3.13. The van der Waals surface area contributed by atoms with Crippen LogP contribution in [0.2, 0.25) is 0 Å². The van der Waals surface area contributed by atoms with E-state index < -0.39 is 10.0 Å². The molecule has 0 saturated heterocycles. The van der Waals surface area contributed by atoms with Gasteiger partial charge in [-0.25, -0.2) is 13.1 Å². The van der Waals surface area contributed by atoms with Gasteiger partial charge in [-0.2, -0.15) is 4.98 Å². The molecule has 0 bridgehead atoms. The van der Waals surface area contributed by atoms with E-state index >= 15 is 0 Å². The van der Waals surface area contributed by atoms with Crippen molar-refractivity contribution in [3.05, 3.63) is 65.3 Å². The first kappa shape index (κ1) is 20.0. The van der Waals surface area contributed by atoms with Gasteiger partial charge in [-0.05, 0) is 30.7 Å². The third-order valence-corrected chi connectivity index (χ3v) is 6.00. The van der Waals surface area contributed by atoms with Gasteiger partial charge < -0.3 is 9.26 Å². The summed E-state index contributed by atoms with van der Waals surface area (Å²) in [6.07, 6.45) is 0. The number of anilines is 1. The van der Waals surface area contributed by atoms with Gasteiger partial charge in [0.1, 0.15) is 5.75 Å². The summed E-state index contributed by atoms with van der Waals surface area (Å²) in [5.41, 5.74) is 2.24. The first-order valence-corrected chi connectivity index (χ1v) is 10.7. The summed E-state index contributed by atoms with van der Waals surface area (Å²) in [5, 5.41) is 3.81. The zero-order valence-corrected chi connectivity index (χ0v) is 17.3. The number of hydrogen-bond acceptors (Lipinski definition) is 7. The zero-order valence-electron chi connectivity index (χ0n) is 16.5. The van der Waals surface area contributed by atoms with Crippen LogP contribution in [-0.4, -0.2) is 31.1 Å². The maximum Gasteiger partial charge on any atom is 0.265 e. The van der Waals surface area contributed by atoms with Crippen LogP contribution in [0.4, 0.5) is 5.69 Å². The first-order chi connectivity index (χ1) is 14.3. The van der Waals surface area contributed by atoms with Crippen LogP contribution in [0.15, 0.2) is 51.9 Å². The first-order valence-electron chi connectivity index (χ1n) is 9.23. The lowest BCUT2D eigenvalue weighted by Crippen LogP contribution is -2.38. The quantitative estimate of drug-likeness (QED) is 0.639. The molecular formula is C20H20N4O5S. The molecule has 30 heavy (non-hydrogen) atoms. The minimum absolute atomic E-state index is 0.0292. The van der Waals surface area contributed by atoms with E-state index in [9.17, 15) is 13.2 Å². The minimum Gasteiger partial charge on any atom is -0.482 e. The molecule has 0 radical (unpaired) electrons. The second kappa shape index (κ2) is 7.88. The van der Waals surface area contributed by atoms with Crippen LogP contribution < -0.4 is 14.4 Å². The zero-order chi connectivity index (χ0) is 21.3. The molecule has 1 aliphatic heterocycles. The Kier molecular flexibility index (Phi) is 5.27. The lowest BCUT2D eigenvalue weighted by atomic mass is 10.1. The second-order valence-electron chi connectivity index (χ2n) is 6.94. The number of fused-ring (bicyclic) bond motifs is 1. The van der Waals surface area contributed by atoms with Crippen molar-refractivity contribution in [2.24, 2.45) is 0 Å². The van der Waals surface area contributed by atoms with Gasteiger partial charge in [-0.15, -0.1) is 0 Å². The minimum atomic E-state index is -3.81. The largest absolute Gasteiger partial charge is 0.482 e. The number of amides is 1. The van der Waals surface area contributed by atoms with Crippen LogP contribution in [-0.2, 0) is 27.9 Å². The van der Waals surface area contributed by atoms with E-state index in [-0.39, 0.29) is 30.5 Å². The number of carbonyl (C=O) groups excluding carboxylic acids is 1. The smallest absolute Gasteiger partial charge is 0.265 e. The summed E-state index contributed by atoms with van der Waals surface area (Å²) in [5.74, 6) is 0.779. The van der Waals surface area contributed by atoms with Gasteiger partial charge in [0.15, 0.2) is 12.4 Å². The SMILES string of the molecule is Cc1cccc(CNS(=O)(=O)c2ccc3c(c2)N(Cc2noc(C)n2)C(=O)CO3)c1. The van der Waals surface area contributed by atoms with Crippen molar-refractivity contribution in [2.45, 2.75) is 31.8 Å². The number of aryl methyl sites for hydroxylation is 2. The molecule has 1 aliphatic rings. The van der Waals surface area contributed by atoms with Crippen LogP contribution in [0.5, 0.6) is 5.75 Å². The molecule has 3 aromatic rings. The predicted molar refractivity (Wildman–Crippen MR) is 107 cm³/mol. The molecule has 2 heterocycles. The molecule has 10 heteroatoms. The summed E-state index contributed by atoms with van der Waals surface area (Å²) in [4.78, 5) is 18.0. The normalized spacial score (nSPS) is 13.8. The van der Waals surface area contributed by atoms with Crippen molar-refractivity contribution in [2.75, 3.05) is 11.5 Å². The number of rotatable bonds is 6. The Morgan fingerprint density at radius 2 is 2.00 bits per heavy atom. The maximum absolute atomic E-state index is 12.8. The Hall–Kier alpha value is -3.24.